The number of thioether (sulfide) groups is 1. The summed E-state index contributed by atoms with van der Waals surface area (Å²) in [6.07, 6.45) is 2.25. The van der Waals surface area contributed by atoms with Crippen molar-refractivity contribution >= 4 is 61.8 Å². The van der Waals surface area contributed by atoms with Gasteiger partial charge in [0.2, 0.25) is 0 Å². The number of carboxylic acids is 1. The van der Waals surface area contributed by atoms with E-state index in [9.17, 15) is 4.79 Å². The highest BCUT2D eigenvalue weighted by Crippen LogP contribution is 2.32. The molecular weight excluding hydrogens is 563 g/mol. The number of hydrogen-bond acceptors (Lipinski definition) is 3. The topological polar surface area (TPSA) is 46.5 Å². The highest BCUT2D eigenvalue weighted by atomic mass is 127. The number of benzene rings is 3. The molecular formula is C23H18BrIO3S. The minimum atomic E-state index is -0.996. The molecule has 0 unspecified atom stereocenters. The number of carbonyl (C=O) groups is 1. The molecule has 3 nitrogen and oxygen atoms in total. The first kappa shape index (κ1) is 21.9. The van der Waals surface area contributed by atoms with Crippen LogP contribution < -0.4 is 4.74 Å². The van der Waals surface area contributed by atoms with Crippen LogP contribution in [-0.4, -0.2) is 23.4 Å². The normalized spacial score (nSPS) is 11.3. The Kier molecular flexibility index (Phi) is 8.20. The van der Waals surface area contributed by atoms with Crippen molar-refractivity contribution in [2.45, 2.75) is 4.90 Å². The standard InChI is InChI=1S/C23H18BrIO3S/c24-20-14-17(10-11-22(20)28-15-23(26)27)29-13-12-18(16-6-2-1-3-7-16)19-8-4-5-9-21(19)25/h1-12,14H,13,15H2,(H,26,27)/b18-12-. The molecule has 1 N–H and O–H groups in total. The summed E-state index contributed by atoms with van der Waals surface area (Å²) >= 11 is 7.54. The van der Waals surface area contributed by atoms with Crippen molar-refractivity contribution in [2.75, 3.05) is 12.4 Å². The number of hydrogen-bond donors (Lipinski definition) is 1. The van der Waals surface area contributed by atoms with Crippen LogP contribution in [0.4, 0.5) is 0 Å². The minimum absolute atomic E-state index is 0.357. The number of halogens is 2. The van der Waals surface area contributed by atoms with Gasteiger partial charge >= 0.3 is 5.97 Å². The lowest BCUT2D eigenvalue weighted by Crippen LogP contribution is -2.09. The molecule has 0 aliphatic carbocycles. The van der Waals surface area contributed by atoms with Crippen LogP contribution >= 0.6 is 50.3 Å². The first-order valence-corrected chi connectivity index (χ1v) is 11.7. The van der Waals surface area contributed by atoms with Gasteiger partial charge in [-0.25, -0.2) is 4.79 Å². The van der Waals surface area contributed by atoms with Crippen molar-refractivity contribution < 1.29 is 14.6 Å². The van der Waals surface area contributed by atoms with E-state index in [4.69, 9.17) is 9.84 Å². The predicted octanol–water partition coefficient (Wildman–Crippen LogP) is 6.74. The Bertz CT molecular complexity index is 1020. The van der Waals surface area contributed by atoms with Crippen molar-refractivity contribution in [3.63, 3.8) is 0 Å². The van der Waals surface area contributed by atoms with Crippen LogP contribution in [0.5, 0.6) is 5.75 Å². The van der Waals surface area contributed by atoms with E-state index in [1.54, 1.807) is 17.8 Å². The summed E-state index contributed by atoms with van der Waals surface area (Å²) in [5.41, 5.74) is 3.62. The van der Waals surface area contributed by atoms with E-state index in [1.807, 2.05) is 24.3 Å². The summed E-state index contributed by atoms with van der Waals surface area (Å²) in [7, 11) is 0. The van der Waals surface area contributed by atoms with Gasteiger partial charge in [0.1, 0.15) is 5.75 Å². The van der Waals surface area contributed by atoms with E-state index < -0.39 is 5.97 Å². The smallest absolute Gasteiger partial charge is 0.341 e. The lowest BCUT2D eigenvalue weighted by molar-refractivity contribution is -0.139. The summed E-state index contributed by atoms with van der Waals surface area (Å²) < 4.78 is 7.22. The fourth-order valence-corrected chi connectivity index (χ4v) is 4.86. The van der Waals surface area contributed by atoms with Crippen LogP contribution in [-0.2, 0) is 4.79 Å². The van der Waals surface area contributed by atoms with Crippen LogP contribution in [0.2, 0.25) is 0 Å². The highest BCUT2D eigenvalue weighted by Gasteiger charge is 2.09. The predicted molar refractivity (Wildman–Crippen MR) is 131 cm³/mol. The molecule has 3 aromatic rings. The van der Waals surface area contributed by atoms with Gasteiger partial charge in [-0.15, -0.1) is 11.8 Å². The fourth-order valence-electron chi connectivity index (χ4n) is 2.73. The molecule has 3 aromatic carbocycles. The van der Waals surface area contributed by atoms with Crippen molar-refractivity contribution in [2.24, 2.45) is 0 Å². The summed E-state index contributed by atoms with van der Waals surface area (Å²) in [4.78, 5) is 11.7. The van der Waals surface area contributed by atoms with Gasteiger partial charge in [0, 0.05) is 14.2 Å². The van der Waals surface area contributed by atoms with Gasteiger partial charge in [0.25, 0.3) is 0 Å². The average Bonchev–Trinajstić information content (AvgIpc) is 2.72. The van der Waals surface area contributed by atoms with Crippen molar-refractivity contribution in [3.05, 3.63) is 98.0 Å². The molecule has 3 rings (SSSR count). The third-order valence-electron chi connectivity index (χ3n) is 4.04. The van der Waals surface area contributed by atoms with Crippen LogP contribution in [0, 0.1) is 3.57 Å². The zero-order valence-electron chi connectivity index (χ0n) is 15.3. The van der Waals surface area contributed by atoms with Gasteiger partial charge in [-0.05, 0) is 79.5 Å². The average molecular weight is 581 g/mol. The number of carboxylic acid groups (broad SMARTS) is 1. The van der Waals surface area contributed by atoms with Crippen molar-refractivity contribution in [1.29, 1.82) is 0 Å². The molecule has 148 valence electrons. The van der Waals surface area contributed by atoms with Gasteiger partial charge in [0.15, 0.2) is 6.61 Å². The quantitative estimate of drug-likeness (QED) is 0.237. The zero-order chi connectivity index (χ0) is 20.6. The van der Waals surface area contributed by atoms with Crippen LogP contribution in [0.15, 0.2) is 88.2 Å². The minimum Gasteiger partial charge on any atom is -0.481 e. The van der Waals surface area contributed by atoms with E-state index in [-0.39, 0.29) is 6.61 Å². The second-order valence-corrected chi connectivity index (χ2v) is 9.16. The number of ether oxygens (including phenoxy) is 1. The second kappa shape index (κ2) is 10.8. The van der Waals surface area contributed by atoms with E-state index in [2.05, 4.69) is 87.1 Å². The zero-order valence-corrected chi connectivity index (χ0v) is 19.9. The van der Waals surface area contributed by atoms with E-state index >= 15 is 0 Å². The first-order valence-electron chi connectivity index (χ1n) is 8.82. The molecule has 0 heterocycles. The molecule has 0 aliphatic rings. The van der Waals surface area contributed by atoms with E-state index in [0.717, 1.165) is 15.1 Å². The third kappa shape index (κ3) is 6.35. The highest BCUT2D eigenvalue weighted by molar-refractivity contribution is 14.1. The summed E-state index contributed by atoms with van der Waals surface area (Å²) in [6.45, 7) is -0.357. The Morgan fingerprint density at radius 3 is 2.48 bits per heavy atom. The molecule has 0 amide bonds. The maximum absolute atomic E-state index is 10.7. The summed E-state index contributed by atoms with van der Waals surface area (Å²) in [6, 6.07) is 24.5. The Labute approximate surface area is 196 Å². The van der Waals surface area contributed by atoms with Crippen molar-refractivity contribution in [1.82, 2.24) is 0 Å². The Balaban J connectivity index is 1.78. The number of aliphatic carboxylic acids is 1. The fraction of sp³-hybridized carbons (Fsp3) is 0.0870. The van der Waals surface area contributed by atoms with Gasteiger partial charge < -0.3 is 9.84 Å². The first-order chi connectivity index (χ1) is 14.0. The Morgan fingerprint density at radius 2 is 1.79 bits per heavy atom. The third-order valence-corrected chi connectivity index (χ3v) is 6.52. The van der Waals surface area contributed by atoms with E-state index in [1.165, 1.54) is 20.3 Å². The molecule has 0 saturated carbocycles. The lowest BCUT2D eigenvalue weighted by Gasteiger charge is -2.11. The van der Waals surface area contributed by atoms with E-state index in [0.29, 0.717) is 5.75 Å². The molecule has 0 atom stereocenters. The van der Waals surface area contributed by atoms with Gasteiger partial charge in [-0.3, -0.25) is 0 Å². The van der Waals surface area contributed by atoms with Crippen LogP contribution in [0.25, 0.3) is 5.57 Å². The molecule has 0 saturated heterocycles. The molecule has 6 heteroatoms. The van der Waals surface area contributed by atoms with Gasteiger partial charge in [-0.2, -0.15) is 0 Å². The molecule has 0 radical (unpaired) electrons. The van der Waals surface area contributed by atoms with Crippen molar-refractivity contribution in [3.8, 4) is 5.75 Å². The molecule has 0 fully saturated rings. The van der Waals surface area contributed by atoms with Gasteiger partial charge in [-0.1, -0.05) is 54.6 Å². The van der Waals surface area contributed by atoms with Gasteiger partial charge in [0.05, 0.1) is 4.47 Å². The molecule has 0 aromatic heterocycles. The summed E-state index contributed by atoms with van der Waals surface area (Å²) in [5.74, 6) is 0.331. The molecule has 0 bridgehead atoms. The Morgan fingerprint density at radius 1 is 1.07 bits per heavy atom. The lowest BCUT2D eigenvalue weighted by atomic mass is 9.98. The second-order valence-electron chi connectivity index (χ2n) is 6.05. The molecule has 0 aliphatic heterocycles. The van der Waals surface area contributed by atoms with Crippen LogP contribution in [0.1, 0.15) is 11.1 Å². The maximum Gasteiger partial charge on any atom is 0.341 e. The molecule has 29 heavy (non-hydrogen) atoms. The Hall–Kier alpha value is -1.77. The SMILES string of the molecule is O=C(O)COc1ccc(SC/C=C(/c2ccccc2)c2ccccc2I)cc1Br. The van der Waals surface area contributed by atoms with Crippen LogP contribution in [0.3, 0.4) is 0 Å². The largest absolute Gasteiger partial charge is 0.481 e. The summed E-state index contributed by atoms with van der Waals surface area (Å²) in [5, 5.41) is 8.74. The molecule has 0 spiro atoms. The number of rotatable bonds is 8. The maximum atomic E-state index is 10.7. The monoisotopic (exact) mass is 580 g/mol.